The van der Waals surface area contributed by atoms with Gasteiger partial charge in [-0.2, -0.15) is 5.10 Å². The van der Waals surface area contributed by atoms with E-state index in [1.165, 1.54) is 24.8 Å². The molecule has 0 bridgehead atoms. The molecule has 2 aromatic rings. The highest BCUT2D eigenvalue weighted by Crippen LogP contribution is 2.31. The van der Waals surface area contributed by atoms with Crippen molar-refractivity contribution in [2.45, 2.75) is 103 Å². The highest BCUT2D eigenvalue weighted by molar-refractivity contribution is 5.99. The van der Waals surface area contributed by atoms with E-state index >= 15 is 0 Å². The van der Waals surface area contributed by atoms with Gasteiger partial charge >= 0.3 is 0 Å². The first-order valence-electron chi connectivity index (χ1n) is 12.5. The molecule has 1 aromatic heterocycles. The molecule has 2 aliphatic rings. The molecule has 4 rings (SSSR count). The molecule has 0 spiro atoms. The van der Waals surface area contributed by atoms with Crippen LogP contribution in [0.5, 0.6) is 0 Å². The summed E-state index contributed by atoms with van der Waals surface area (Å²) in [7, 11) is 0. The maximum Gasteiger partial charge on any atom is 0.273 e. The second-order valence-electron chi connectivity index (χ2n) is 10.4. The highest BCUT2D eigenvalue weighted by atomic mass is 16.2. The SMILES string of the molecule is Cc1ccc(CN2C(=O)c3cc(C(C)C)nn3C[C@@]2(C)C(=O)NC2CCCCCCC2)cc1. The van der Waals surface area contributed by atoms with Gasteiger partial charge in [0.1, 0.15) is 11.2 Å². The molecule has 1 atom stereocenters. The summed E-state index contributed by atoms with van der Waals surface area (Å²) in [5.41, 5.74) is 2.65. The molecule has 2 heterocycles. The Morgan fingerprint density at radius 1 is 1.12 bits per heavy atom. The lowest BCUT2D eigenvalue weighted by atomic mass is 9.91. The quantitative estimate of drug-likeness (QED) is 0.700. The van der Waals surface area contributed by atoms with Gasteiger partial charge in [-0.3, -0.25) is 14.3 Å². The molecule has 178 valence electrons. The van der Waals surface area contributed by atoms with Crippen LogP contribution in [0.2, 0.25) is 0 Å². The van der Waals surface area contributed by atoms with Crippen molar-refractivity contribution >= 4 is 11.8 Å². The molecular formula is C27H38N4O2. The largest absolute Gasteiger partial charge is 0.351 e. The van der Waals surface area contributed by atoms with Crippen LogP contribution < -0.4 is 5.32 Å². The molecule has 1 aliphatic heterocycles. The van der Waals surface area contributed by atoms with Crippen LogP contribution in [0.15, 0.2) is 30.3 Å². The molecule has 33 heavy (non-hydrogen) atoms. The van der Waals surface area contributed by atoms with Crippen LogP contribution in [0.4, 0.5) is 0 Å². The number of carbonyl (C=O) groups is 2. The van der Waals surface area contributed by atoms with E-state index in [0.29, 0.717) is 18.8 Å². The second kappa shape index (κ2) is 9.70. The standard InChI is InChI=1S/C27H38N4O2/c1-19(2)23-16-24-25(32)30(17-21-14-12-20(3)13-15-21)27(4,18-31(24)29-23)26(33)28-22-10-8-6-5-7-9-11-22/h12-16,19,22H,5-11,17-18H2,1-4H3,(H,28,33)/t27-/m0/s1. The van der Waals surface area contributed by atoms with E-state index in [1.807, 2.05) is 32.0 Å². The van der Waals surface area contributed by atoms with Gasteiger partial charge in [-0.1, -0.05) is 75.8 Å². The van der Waals surface area contributed by atoms with E-state index in [1.54, 1.807) is 9.58 Å². The Morgan fingerprint density at radius 3 is 2.39 bits per heavy atom. The maximum atomic E-state index is 13.8. The van der Waals surface area contributed by atoms with Gasteiger partial charge in [0.15, 0.2) is 0 Å². The average Bonchev–Trinajstić information content (AvgIpc) is 3.18. The normalized spacial score (nSPS) is 22.1. The Morgan fingerprint density at radius 2 is 1.76 bits per heavy atom. The molecule has 1 aromatic carbocycles. The van der Waals surface area contributed by atoms with Gasteiger partial charge in [-0.15, -0.1) is 0 Å². The number of aryl methyl sites for hydroxylation is 1. The number of aromatic nitrogens is 2. The minimum Gasteiger partial charge on any atom is -0.351 e. The minimum atomic E-state index is -1.00. The Bertz CT molecular complexity index is 986. The number of nitrogens with zero attached hydrogens (tertiary/aromatic N) is 3. The molecular weight excluding hydrogens is 412 g/mol. The van der Waals surface area contributed by atoms with Crippen LogP contribution in [-0.2, 0) is 17.9 Å². The third kappa shape index (κ3) is 4.99. The number of carbonyl (C=O) groups excluding carboxylic acids is 2. The van der Waals surface area contributed by atoms with E-state index in [-0.39, 0.29) is 23.8 Å². The third-order valence-corrected chi connectivity index (χ3v) is 7.30. The maximum absolute atomic E-state index is 13.8. The minimum absolute atomic E-state index is 0.0687. The van der Waals surface area contributed by atoms with Gasteiger partial charge in [-0.25, -0.2) is 0 Å². The first-order chi connectivity index (χ1) is 15.8. The van der Waals surface area contributed by atoms with E-state index in [2.05, 4.69) is 31.3 Å². The molecule has 1 aliphatic carbocycles. The molecule has 6 heteroatoms. The monoisotopic (exact) mass is 450 g/mol. The van der Waals surface area contributed by atoms with Crippen molar-refractivity contribution in [1.29, 1.82) is 0 Å². The fourth-order valence-corrected chi connectivity index (χ4v) is 5.01. The van der Waals surface area contributed by atoms with Crippen LogP contribution in [0.1, 0.15) is 98.9 Å². The molecule has 2 amide bonds. The van der Waals surface area contributed by atoms with Gasteiger partial charge in [0.25, 0.3) is 5.91 Å². The van der Waals surface area contributed by atoms with Gasteiger partial charge in [0.2, 0.25) is 5.91 Å². The predicted octanol–water partition coefficient (Wildman–Crippen LogP) is 4.96. The number of rotatable bonds is 5. The lowest BCUT2D eigenvalue weighted by Gasteiger charge is -2.44. The number of fused-ring (bicyclic) bond motifs is 1. The molecule has 1 saturated carbocycles. The molecule has 0 radical (unpaired) electrons. The lowest BCUT2D eigenvalue weighted by Crippen LogP contribution is -2.64. The Hall–Kier alpha value is -2.63. The first-order valence-corrected chi connectivity index (χ1v) is 12.5. The van der Waals surface area contributed by atoms with Gasteiger partial charge in [0.05, 0.1) is 12.2 Å². The molecule has 1 fully saturated rings. The van der Waals surface area contributed by atoms with Crippen LogP contribution in [0.25, 0.3) is 0 Å². The van der Waals surface area contributed by atoms with E-state index in [0.717, 1.165) is 36.9 Å². The summed E-state index contributed by atoms with van der Waals surface area (Å²) >= 11 is 0. The zero-order chi connectivity index (χ0) is 23.6. The fourth-order valence-electron chi connectivity index (χ4n) is 5.01. The van der Waals surface area contributed by atoms with Crippen molar-refractivity contribution in [3.63, 3.8) is 0 Å². The Labute approximate surface area is 197 Å². The van der Waals surface area contributed by atoms with E-state index in [4.69, 9.17) is 5.10 Å². The first kappa shape index (κ1) is 23.5. The van der Waals surface area contributed by atoms with Gasteiger partial charge in [0, 0.05) is 12.6 Å². The summed E-state index contributed by atoms with van der Waals surface area (Å²) < 4.78 is 1.75. The van der Waals surface area contributed by atoms with Crippen LogP contribution in [-0.4, -0.2) is 38.1 Å². The van der Waals surface area contributed by atoms with Crippen molar-refractivity contribution in [1.82, 2.24) is 20.0 Å². The number of amides is 2. The molecule has 0 saturated heterocycles. The number of benzene rings is 1. The van der Waals surface area contributed by atoms with E-state index in [9.17, 15) is 9.59 Å². The summed E-state index contributed by atoms with van der Waals surface area (Å²) in [5, 5.41) is 8.02. The molecule has 0 unspecified atom stereocenters. The predicted molar refractivity (Wildman–Crippen MR) is 130 cm³/mol. The zero-order valence-corrected chi connectivity index (χ0v) is 20.6. The van der Waals surface area contributed by atoms with Crippen molar-refractivity contribution in [2.24, 2.45) is 0 Å². The number of nitrogens with one attached hydrogen (secondary N) is 1. The van der Waals surface area contributed by atoms with Crippen LogP contribution >= 0.6 is 0 Å². The number of hydrogen-bond donors (Lipinski definition) is 1. The highest BCUT2D eigenvalue weighted by Gasteiger charge is 2.48. The summed E-state index contributed by atoms with van der Waals surface area (Å²) in [6.45, 7) is 8.86. The summed E-state index contributed by atoms with van der Waals surface area (Å²) in [6, 6.07) is 10.3. The number of hydrogen-bond acceptors (Lipinski definition) is 3. The summed E-state index contributed by atoms with van der Waals surface area (Å²) in [5.74, 6) is 0.0220. The van der Waals surface area contributed by atoms with Gasteiger partial charge in [-0.05, 0) is 44.2 Å². The average molecular weight is 451 g/mol. The summed E-state index contributed by atoms with van der Waals surface area (Å²) in [4.78, 5) is 29.3. The summed E-state index contributed by atoms with van der Waals surface area (Å²) in [6.07, 6.45) is 8.07. The Kier molecular flexibility index (Phi) is 6.91. The third-order valence-electron chi connectivity index (χ3n) is 7.30. The van der Waals surface area contributed by atoms with E-state index < -0.39 is 5.54 Å². The van der Waals surface area contributed by atoms with Crippen LogP contribution in [0, 0.1) is 6.92 Å². The van der Waals surface area contributed by atoms with Crippen molar-refractivity contribution < 1.29 is 9.59 Å². The fraction of sp³-hybridized carbons (Fsp3) is 0.593. The smallest absolute Gasteiger partial charge is 0.273 e. The molecule has 1 N–H and O–H groups in total. The zero-order valence-electron chi connectivity index (χ0n) is 20.6. The van der Waals surface area contributed by atoms with Gasteiger partial charge < -0.3 is 10.2 Å². The Balaban J connectivity index is 1.65. The lowest BCUT2D eigenvalue weighted by molar-refractivity contribution is -0.134. The van der Waals surface area contributed by atoms with Crippen molar-refractivity contribution in [2.75, 3.05) is 0 Å². The molecule has 6 nitrogen and oxygen atoms in total. The van der Waals surface area contributed by atoms with Crippen molar-refractivity contribution in [3.05, 3.63) is 52.8 Å². The van der Waals surface area contributed by atoms with Crippen molar-refractivity contribution in [3.8, 4) is 0 Å². The second-order valence-corrected chi connectivity index (χ2v) is 10.4. The topological polar surface area (TPSA) is 67.2 Å². The van der Waals surface area contributed by atoms with Crippen LogP contribution in [0.3, 0.4) is 0 Å².